The summed E-state index contributed by atoms with van der Waals surface area (Å²) in [5, 5.41) is 7.93. The SMILES string of the molecule is COc1ncnc(OC)c1-n1c(CS(=O)(=O)[C@@H](C)[C@H](OC)c2ncc(Cl)cn2)nnc1[C@H]1C[C@@H]1C. The van der Waals surface area contributed by atoms with Gasteiger partial charge in [0.05, 0.1) is 24.5 Å². The van der Waals surface area contributed by atoms with Gasteiger partial charge < -0.3 is 14.2 Å². The first-order valence-corrected chi connectivity index (χ1v) is 12.9. The fraction of sp³-hybridized carbons (Fsp3) is 0.524. The Hall–Kier alpha value is -2.90. The first kappa shape index (κ1) is 25.2. The Labute approximate surface area is 208 Å². The smallest absolute Gasteiger partial charge is 0.245 e. The third-order valence-electron chi connectivity index (χ3n) is 6.03. The molecule has 3 aromatic heterocycles. The summed E-state index contributed by atoms with van der Waals surface area (Å²) in [7, 11) is 0.484. The fourth-order valence-corrected chi connectivity index (χ4v) is 5.42. The summed E-state index contributed by atoms with van der Waals surface area (Å²) in [6.07, 6.45) is 4.07. The van der Waals surface area contributed by atoms with E-state index in [-0.39, 0.29) is 29.3 Å². The van der Waals surface area contributed by atoms with Gasteiger partial charge in [0.1, 0.15) is 24.0 Å². The number of methoxy groups -OCH3 is 3. The Bertz CT molecular complexity index is 1280. The number of rotatable bonds is 10. The van der Waals surface area contributed by atoms with Crippen LogP contribution in [0.1, 0.15) is 49.8 Å². The first-order chi connectivity index (χ1) is 16.7. The molecule has 0 bridgehead atoms. The lowest BCUT2D eigenvalue weighted by atomic mass is 10.2. The highest BCUT2D eigenvalue weighted by Gasteiger charge is 2.41. The van der Waals surface area contributed by atoms with Gasteiger partial charge in [-0.05, 0) is 19.3 Å². The second-order valence-corrected chi connectivity index (χ2v) is 11.1. The van der Waals surface area contributed by atoms with Gasteiger partial charge in [0, 0.05) is 25.4 Å². The highest BCUT2D eigenvalue weighted by molar-refractivity contribution is 7.91. The van der Waals surface area contributed by atoms with E-state index in [1.54, 1.807) is 11.5 Å². The molecule has 12 nitrogen and oxygen atoms in total. The Morgan fingerprint density at radius 2 is 1.69 bits per heavy atom. The van der Waals surface area contributed by atoms with Crippen molar-refractivity contribution in [3.63, 3.8) is 0 Å². The predicted octanol–water partition coefficient (Wildman–Crippen LogP) is 2.33. The highest BCUT2D eigenvalue weighted by Crippen LogP contribution is 2.48. The van der Waals surface area contributed by atoms with Gasteiger partial charge in [-0.25, -0.2) is 18.4 Å². The van der Waals surface area contributed by atoms with Gasteiger partial charge >= 0.3 is 0 Å². The summed E-state index contributed by atoms with van der Waals surface area (Å²) < 4.78 is 45.1. The number of hydrogen-bond donors (Lipinski definition) is 0. The topological polar surface area (TPSA) is 144 Å². The van der Waals surface area contributed by atoms with Crippen molar-refractivity contribution in [1.29, 1.82) is 0 Å². The number of halogens is 1. The van der Waals surface area contributed by atoms with Gasteiger partial charge in [0.15, 0.2) is 27.2 Å². The summed E-state index contributed by atoms with van der Waals surface area (Å²) in [5.74, 6) is 1.47. The van der Waals surface area contributed by atoms with Crippen molar-refractivity contribution >= 4 is 21.4 Å². The van der Waals surface area contributed by atoms with E-state index in [4.69, 9.17) is 25.8 Å². The lowest BCUT2D eigenvalue weighted by molar-refractivity contribution is 0.0948. The molecule has 1 fully saturated rings. The van der Waals surface area contributed by atoms with Crippen LogP contribution in [0.4, 0.5) is 0 Å². The minimum absolute atomic E-state index is 0.111. The fourth-order valence-electron chi connectivity index (χ4n) is 3.90. The number of nitrogens with zero attached hydrogens (tertiary/aromatic N) is 7. The molecule has 1 saturated carbocycles. The third kappa shape index (κ3) is 4.93. The summed E-state index contributed by atoms with van der Waals surface area (Å²) in [5.41, 5.74) is 0.346. The molecule has 1 aliphatic rings. The van der Waals surface area contributed by atoms with Crippen molar-refractivity contribution in [3.05, 3.63) is 41.2 Å². The van der Waals surface area contributed by atoms with Crippen molar-refractivity contribution in [2.24, 2.45) is 5.92 Å². The molecule has 4 atom stereocenters. The molecule has 0 aliphatic heterocycles. The molecular formula is C21H26ClN7O5S. The minimum atomic E-state index is -3.84. The van der Waals surface area contributed by atoms with E-state index < -0.39 is 26.9 Å². The molecule has 0 unspecified atom stereocenters. The van der Waals surface area contributed by atoms with Crippen molar-refractivity contribution in [2.45, 2.75) is 43.3 Å². The van der Waals surface area contributed by atoms with Crippen molar-refractivity contribution in [1.82, 2.24) is 34.7 Å². The quantitative estimate of drug-likeness (QED) is 0.386. The molecule has 0 N–H and O–H groups in total. The summed E-state index contributed by atoms with van der Waals surface area (Å²) in [4.78, 5) is 16.6. The molecule has 3 aromatic rings. The maximum atomic E-state index is 13.6. The van der Waals surface area contributed by atoms with Crippen LogP contribution in [-0.2, 0) is 20.3 Å². The zero-order chi connectivity index (χ0) is 25.3. The lowest BCUT2D eigenvalue weighted by Gasteiger charge is -2.22. The normalized spacial score (nSPS) is 19.3. The molecule has 188 valence electrons. The molecule has 0 radical (unpaired) electrons. The molecule has 0 spiro atoms. The Morgan fingerprint density at radius 3 is 2.20 bits per heavy atom. The van der Waals surface area contributed by atoms with Crippen LogP contribution in [0.25, 0.3) is 5.69 Å². The van der Waals surface area contributed by atoms with Gasteiger partial charge in [0.25, 0.3) is 0 Å². The van der Waals surface area contributed by atoms with Crippen molar-refractivity contribution in [3.8, 4) is 17.4 Å². The van der Waals surface area contributed by atoms with E-state index >= 15 is 0 Å². The highest BCUT2D eigenvalue weighted by atomic mass is 35.5. The monoisotopic (exact) mass is 523 g/mol. The van der Waals surface area contributed by atoms with Crippen molar-refractivity contribution in [2.75, 3.05) is 21.3 Å². The first-order valence-electron chi connectivity index (χ1n) is 10.8. The van der Waals surface area contributed by atoms with Crippen molar-refractivity contribution < 1.29 is 22.6 Å². The van der Waals surface area contributed by atoms with Crippen LogP contribution in [0, 0.1) is 5.92 Å². The molecule has 0 amide bonds. The van der Waals surface area contributed by atoms with Crippen LogP contribution in [-0.4, -0.2) is 69.7 Å². The van der Waals surface area contributed by atoms with E-state index in [1.807, 2.05) is 0 Å². The minimum Gasteiger partial charge on any atom is -0.479 e. The Kier molecular flexibility index (Phi) is 7.20. The molecule has 3 heterocycles. The molecule has 0 aromatic carbocycles. The van der Waals surface area contributed by atoms with E-state index in [2.05, 4.69) is 37.1 Å². The van der Waals surface area contributed by atoms with Crippen LogP contribution in [0.3, 0.4) is 0 Å². The van der Waals surface area contributed by atoms with Gasteiger partial charge in [-0.3, -0.25) is 4.57 Å². The van der Waals surface area contributed by atoms with Crippen LogP contribution < -0.4 is 9.47 Å². The number of ether oxygens (including phenoxy) is 3. The second-order valence-electron chi connectivity index (χ2n) is 8.30. The van der Waals surface area contributed by atoms with E-state index in [9.17, 15) is 8.42 Å². The largest absolute Gasteiger partial charge is 0.479 e. The summed E-state index contributed by atoms with van der Waals surface area (Å²) in [6.45, 7) is 3.63. The molecule has 4 rings (SSSR count). The van der Waals surface area contributed by atoms with Crippen LogP contribution >= 0.6 is 11.6 Å². The van der Waals surface area contributed by atoms with Gasteiger partial charge in [-0.2, -0.15) is 9.97 Å². The Morgan fingerprint density at radius 1 is 1.09 bits per heavy atom. The number of hydrogen-bond acceptors (Lipinski definition) is 11. The molecule has 14 heteroatoms. The molecule has 35 heavy (non-hydrogen) atoms. The average Bonchev–Trinajstić information content (AvgIpc) is 3.44. The average molecular weight is 524 g/mol. The molecule has 1 aliphatic carbocycles. The molecule has 0 saturated heterocycles. The second kappa shape index (κ2) is 9.99. The van der Waals surface area contributed by atoms with Gasteiger partial charge in [-0.1, -0.05) is 18.5 Å². The predicted molar refractivity (Wildman–Crippen MR) is 125 cm³/mol. The van der Waals surface area contributed by atoms with Crippen LogP contribution in [0.5, 0.6) is 11.8 Å². The van der Waals surface area contributed by atoms with Gasteiger partial charge in [0.2, 0.25) is 11.8 Å². The maximum absolute atomic E-state index is 13.6. The van der Waals surface area contributed by atoms with Crippen LogP contribution in [0.15, 0.2) is 18.7 Å². The van der Waals surface area contributed by atoms with E-state index in [0.717, 1.165) is 6.42 Å². The summed E-state index contributed by atoms with van der Waals surface area (Å²) >= 11 is 5.87. The lowest BCUT2D eigenvalue weighted by Crippen LogP contribution is -2.30. The maximum Gasteiger partial charge on any atom is 0.245 e. The van der Waals surface area contributed by atoms with Crippen LogP contribution in [0.2, 0.25) is 5.02 Å². The van der Waals surface area contributed by atoms with E-state index in [0.29, 0.717) is 22.5 Å². The third-order valence-corrected chi connectivity index (χ3v) is 8.27. The standard InChI is InChI=1S/C21H26ClN7O5S/c1-11-6-14(11)19-28-27-15(29(19)16-20(33-4)25-10-26-21(16)34-5)9-35(30,31)12(2)17(32-3)18-23-7-13(22)8-24-18/h7-8,10-12,14,17H,6,9H2,1-5H3/t11-,12-,14-,17-/m0/s1. The summed E-state index contributed by atoms with van der Waals surface area (Å²) in [6, 6.07) is 0. The van der Waals surface area contributed by atoms with E-state index in [1.165, 1.54) is 40.1 Å². The van der Waals surface area contributed by atoms with Gasteiger partial charge in [-0.15, -0.1) is 10.2 Å². The molecular weight excluding hydrogens is 498 g/mol. The number of sulfone groups is 1. The zero-order valence-corrected chi connectivity index (χ0v) is 21.5. The zero-order valence-electron chi connectivity index (χ0n) is 19.9. The Balaban J connectivity index is 1.76. The number of aromatic nitrogens is 7.